The zero-order valence-electron chi connectivity index (χ0n) is 14.8. The summed E-state index contributed by atoms with van der Waals surface area (Å²) in [5.74, 6) is 0.245. The van der Waals surface area contributed by atoms with Crippen molar-refractivity contribution >= 4 is 23.5 Å². The SMILES string of the molecule is CCCSc1nc2c(c(=O)[nH]1)C(c1cccnc1)C(C(=O)OC)=C(C)N2. The van der Waals surface area contributed by atoms with Crippen LogP contribution in [0.25, 0.3) is 0 Å². The summed E-state index contributed by atoms with van der Waals surface area (Å²) in [6.07, 6.45) is 4.27. The molecule has 2 aromatic heterocycles. The summed E-state index contributed by atoms with van der Waals surface area (Å²) >= 11 is 1.49. The number of fused-ring (bicyclic) bond motifs is 1. The lowest BCUT2D eigenvalue weighted by Gasteiger charge is -2.28. The summed E-state index contributed by atoms with van der Waals surface area (Å²) in [6.45, 7) is 3.84. The van der Waals surface area contributed by atoms with Crippen LogP contribution in [-0.2, 0) is 9.53 Å². The fraction of sp³-hybridized carbons (Fsp3) is 0.333. The number of allylic oxidation sites excluding steroid dienone is 1. The number of rotatable bonds is 5. The van der Waals surface area contributed by atoms with E-state index in [4.69, 9.17) is 4.74 Å². The van der Waals surface area contributed by atoms with Crippen molar-refractivity contribution in [2.45, 2.75) is 31.3 Å². The molecular formula is C18H20N4O3S. The van der Waals surface area contributed by atoms with Crippen molar-refractivity contribution in [1.29, 1.82) is 0 Å². The number of aromatic nitrogens is 3. The molecule has 3 rings (SSSR count). The van der Waals surface area contributed by atoms with Gasteiger partial charge in [-0.2, -0.15) is 0 Å². The Bertz CT molecular complexity index is 908. The average Bonchev–Trinajstić information content (AvgIpc) is 2.65. The number of pyridine rings is 1. The molecule has 0 saturated heterocycles. The predicted molar refractivity (Wildman–Crippen MR) is 100 cm³/mol. The molecule has 0 amide bonds. The van der Waals surface area contributed by atoms with E-state index in [2.05, 4.69) is 27.2 Å². The van der Waals surface area contributed by atoms with Crippen molar-refractivity contribution in [3.05, 3.63) is 57.3 Å². The van der Waals surface area contributed by atoms with Crippen LogP contribution in [0.5, 0.6) is 0 Å². The Balaban J connectivity index is 2.19. The van der Waals surface area contributed by atoms with Gasteiger partial charge in [-0.25, -0.2) is 9.78 Å². The second-order valence-electron chi connectivity index (χ2n) is 5.86. The van der Waals surface area contributed by atoms with E-state index in [1.165, 1.54) is 18.9 Å². The van der Waals surface area contributed by atoms with Crippen molar-refractivity contribution in [3.8, 4) is 0 Å². The Hall–Kier alpha value is -2.61. The molecule has 0 bridgehead atoms. The van der Waals surface area contributed by atoms with E-state index in [-0.39, 0.29) is 5.56 Å². The normalized spacial score (nSPS) is 16.0. The van der Waals surface area contributed by atoms with Crippen molar-refractivity contribution in [1.82, 2.24) is 15.0 Å². The molecule has 0 fully saturated rings. The van der Waals surface area contributed by atoms with Gasteiger partial charge in [-0.15, -0.1) is 0 Å². The fourth-order valence-electron chi connectivity index (χ4n) is 2.96. The molecule has 7 nitrogen and oxygen atoms in total. The largest absolute Gasteiger partial charge is 0.466 e. The van der Waals surface area contributed by atoms with Crippen LogP contribution < -0.4 is 10.9 Å². The third-order valence-electron chi connectivity index (χ3n) is 4.09. The number of anilines is 1. The smallest absolute Gasteiger partial charge is 0.336 e. The number of thioether (sulfide) groups is 1. The van der Waals surface area contributed by atoms with Crippen LogP contribution in [0.2, 0.25) is 0 Å². The predicted octanol–water partition coefficient (Wildman–Crippen LogP) is 2.67. The number of carbonyl (C=O) groups excluding carboxylic acids is 1. The number of hydrogen-bond acceptors (Lipinski definition) is 7. The highest BCUT2D eigenvalue weighted by molar-refractivity contribution is 7.99. The van der Waals surface area contributed by atoms with Crippen molar-refractivity contribution in [2.24, 2.45) is 0 Å². The number of aromatic amines is 1. The van der Waals surface area contributed by atoms with E-state index in [0.717, 1.165) is 17.7 Å². The molecule has 0 radical (unpaired) electrons. The Morgan fingerprint density at radius 3 is 2.88 bits per heavy atom. The molecule has 26 heavy (non-hydrogen) atoms. The van der Waals surface area contributed by atoms with Gasteiger partial charge in [0.25, 0.3) is 5.56 Å². The molecule has 1 unspecified atom stereocenters. The van der Waals surface area contributed by atoms with E-state index in [1.54, 1.807) is 25.4 Å². The van der Waals surface area contributed by atoms with E-state index in [1.807, 2.05) is 6.07 Å². The maximum atomic E-state index is 12.9. The first kappa shape index (κ1) is 18.2. The number of H-pyrrole nitrogens is 1. The van der Waals surface area contributed by atoms with Gasteiger partial charge in [-0.1, -0.05) is 24.8 Å². The van der Waals surface area contributed by atoms with Gasteiger partial charge in [-0.3, -0.25) is 9.78 Å². The van der Waals surface area contributed by atoms with E-state index in [0.29, 0.717) is 27.8 Å². The molecule has 8 heteroatoms. The zero-order valence-corrected chi connectivity index (χ0v) is 15.6. The molecule has 0 spiro atoms. The van der Waals surface area contributed by atoms with E-state index in [9.17, 15) is 9.59 Å². The lowest BCUT2D eigenvalue weighted by molar-refractivity contribution is -0.136. The number of nitrogens with one attached hydrogen (secondary N) is 2. The van der Waals surface area contributed by atoms with Crippen LogP contribution in [0.1, 0.15) is 37.3 Å². The standard InChI is InChI=1S/C18H20N4O3S/c1-4-8-26-18-21-15-14(16(23)22-18)13(11-6-5-7-19-9-11)12(10(2)20-15)17(24)25-3/h5-7,9,13H,4,8H2,1-3H3,(H2,20,21,22,23). The molecular weight excluding hydrogens is 352 g/mol. The second kappa shape index (κ2) is 7.74. The Kier molecular flexibility index (Phi) is 5.41. The van der Waals surface area contributed by atoms with E-state index < -0.39 is 11.9 Å². The van der Waals surface area contributed by atoms with Crippen LogP contribution in [0, 0.1) is 0 Å². The minimum atomic E-state index is -0.589. The van der Waals surface area contributed by atoms with E-state index >= 15 is 0 Å². The minimum Gasteiger partial charge on any atom is -0.466 e. The van der Waals surface area contributed by atoms with Crippen molar-refractivity contribution < 1.29 is 9.53 Å². The van der Waals surface area contributed by atoms with Crippen LogP contribution in [0.4, 0.5) is 5.82 Å². The molecule has 0 aromatic carbocycles. The first-order chi connectivity index (χ1) is 12.6. The average molecular weight is 372 g/mol. The highest BCUT2D eigenvalue weighted by Crippen LogP contribution is 2.39. The van der Waals surface area contributed by atoms with Gasteiger partial charge < -0.3 is 15.0 Å². The Labute approximate surface area is 155 Å². The first-order valence-corrected chi connectivity index (χ1v) is 9.28. The quantitative estimate of drug-likeness (QED) is 0.473. The Morgan fingerprint density at radius 1 is 1.42 bits per heavy atom. The summed E-state index contributed by atoms with van der Waals surface area (Å²) in [6, 6.07) is 3.61. The molecule has 136 valence electrons. The van der Waals surface area contributed by atoms with Gasteiger partial charge in [0, 0.05) is 23.8 Å². The van der Waals surface area contributed by atoms with Crippen LogP contribution in [-0.4, -0.2) is 33.8 Å². The van der Waals surface area contributed by atoms with Crippen LogP contribution >= 0.6 is 11.8 Å². The third kappa shape index (κ3) is 3.37. The van der Waals surface area contributed by atoms with Gasteiger partial charge in [0.15, 0.2) is 5.16 Å². The number of nitrogens with zero attached hydrogens (tertiary/aromatic N) is 2. The number of ether oxygens (including phenoxy) is 1. The highest BCUT2D eigenvalue weighted by atomic mass is 32.2. The molecule has 1 aliphatic rings. The number of carbonyl (C=O) groups is 1. The highest BCUT2D eigenvalue weighted by Gasteiger charge is 2.36. The van der Waals surface area contributed by atoms with Crippen molar-refractivity contribution in [3.63, 3.8) is 0 Å². The Morgan fingerprint density at radius 2 is 2.23 bits per heavy atom. The molecule has 3 heterocycles. The molecule has 2 N–H and O–H groups in total. The number of esters is 1. The first-order valence-electron chi connectivity index (χ1n) is 8.29. The van der Waals surface area contributed by atoms with Gasteiger partial charge >= 0.3 is 5.97 Å². The maximum absolute atomic E-state index is 12.9. The third-order valence-corrected chi connectivity index (χ3v) is 5.17. The summed E-state index contributed by atoms with van der Waals surface area (Å²) < 4.78 is 4.95. The topological polar surface area (TPSA) is 97.0 Å². The van der Waals surface area contributed by atoms with Gasteiger partial charge in [-0.05, 0) is 25.0 Å². The second-order valence-corrected chi connectivity index (χ2v) is 6.94. The molecule has 2 aromatic rings. The molecule has 0 aliphatic carbocycles. The summed E-state index contributed by atoms with van der Waals surface area (Å²) in [5.41, 5.74) is 1.85. The lowest BCUT2D eigenvalue weighted by Crippen LogP contribution is -2.31. The summed E-state index contributed by atoms with van der Waals surface area (Å²) in [4.78, 5) is 36.8. The van der Waals surface area contributed by atoms with Crippen LogP contribution in [0.3, 0.4) is 0 Å². The van der Waals surface area contributed by atoms with Crippen molar-refractivity contribution in [2.75, 3.05) is 18.2 Å². The molecule has 1 atom stereocenters. The minimum absolute atomic E-state index is 0.274. The lowest BCUT2D eigenvalue weighted by atomic mass is 9.83. The summed E-state index contributed by atoms with van der Waals surface area (Å²) in [7, 11) is 1.32. The van der Waals surface area contributed by atoms with Crippen LogP contribution in [0.15, 0.2) is 45.7 Å². The van der Waals surface area contributed by atoms with Gasteiger partial charge in [0.05, 0.1) is 24.2 Å². The monoisotopic (exact) mass is 372 g/mol. The maximum Gasteiger partial charge on any atom is 0.336 e. The number of hydrogen-bond donors (Lipinski definition) is 2. The van der Waals surface area contributed by atoms with Gasteiger partial charge in [0.1, 0.15) is 5.82 Å². The van der Waals surface area contributed by atoms with Gasteiger partial charge in [0.2, 0.25) is 0 Å². The molecule has 0 saturated carbocycles. The zero-order chi connectivity index (χ0) is 18.7. The summed E-state index contributed by atoms with van der Waals surface area (Å²) in [5, 5.41) is 3.65. The number of methoxy groups -OCH3 is 1. The fourth-order valence-corrected chi connectivity index (χ4v) is 3.68. The molecule has 1 aliphatic heterocycles.